The van der Waals surface area contributed by atoms with E-state index in [0.29, 0.717) is 24.6 Å². The number of nitrogens with two attached hydrogens (primary N) is 1. The summed E-state index contributed by atoms with van der Waals surface area (Å²) in [5, 5.41) is 0. The number of likely N-dealkylation sites (N-methyl/N-ethyl adjacent to an activating group) is 1. The molecule has 0 aromatic heterocycles. The molecule has 0 saturated carbocycles. The number of thioether (sulfide) groups is 1. The second-order valence-corrected chi connectivity index (χ2v) is 7.35. The van der Waals surface area contributed by atoms with Crippen LogP contribution in [-0.4, -0.2) is 51.5 Å². The Morgan fingerprint density at radius 2 is 2.05 bits per heavy atom. The van der Waals surface area contributed by atoms with Crippen LogP contribution in [0.25, 0.3) is 0 Å². The molecule has 0 aliphatic rings. The lowest BCUT2D eigenvalue weighted by Gasteiger charge is -2.16. The van der Waals surface area contributed by atoms with Gasteiger partial charge >= 0.3 is 0 Å². The summed E-state index contributed by atoms with van der Waals surface area (Å²) < 4.78 is 30.1. The van der Waals surface area contributed by atoms with Crippen molar-refractivity contribution in [2.75, 3.05) is 44.5 Å². The Bertz CT molecular complexity index is 492. The minimum atomic E-state index is -3.22. The number of nitrogens with zero attached hydrogens (tertiary/aromatic N) is 1. The van der Waals surface area contributed by atoms with E-state index in [0.717, 1.165) is 4.90 Å². The molecule has 0 bridgehead atoms. The Balaban J connectivity index is 2.46. The van der Waals surface area contributed by atoms with Gasteiger partial charge in [-0.3, -0.25) is 0 Å². The standard InChI is InChI=1S/C12H20N2O3S2/c1-14(7-8-17-2)19(15,16)10-9-18-12-6-4-3-5-11(12)13/h3-6H,7-10,13H2,1-2H3. The van der Waals surface area contributed by atoms with Crippen molar-refractivity contribution in [1.29, 1.82) is 0 Å². The molecule has 2 N–H and O–H groups in total. The van der Waals surface area contributed by atoms with Crippen molar-refractivity contribution in [2.24, 2.45) is 0 Å². The van der Waals surface area contributed by atoms with Crippen LogP contribution < -0.4 is 5.73 Å². The third kappa shape index (κ3) is 5.40. The minimum absolute atomic E-state index is 0.0895. The first-order valence-corrected chi connectivity index (χ1v) is 8.47. The first kappa shape index (κ1) is 16.3. The topological polar surface area (TPSA) is 72.6 Å². The van der Waals surface area contributed by atoms with Crippen LogP contribution in [0.4, 0.5) is 5.69 Å². The highest BCUT2D eigenvalue weighted by Gasteiger charge is 2.17. The van der Waals surface area contributed by atoms with Gasteiger partial charge in [-0.1, -0.05) is 12.1 Å². The fraction of sp³-hybridized carbons (Fsp3) is 0.500. The summed E-state index contributed by atoms with van der Waals surface area (Å²) >= 11 is 1.45. The van der Waals surface area contributed by atoms with Gasteiger partial charge in [0.1, 0.15) is 0 Å². The van der Waals surface area contributed by atoms with Gasteiger partial charge in [0.05, 0.1) is 12.4 Å². The number of anilines is 1. The van der Waals surface area contributed by atoms with Crippen LogP contribution in [0.1, 0.15) is 0 Å². The average Bonchev–Trinajstić information content (AvgIpc) is 2.38. The molecule has 1 rings (SSSR count). The molecule has 0 radical (unpaired) electrons. The number of sulfonamides is 1. The zero-order valence-electron chi connectivity index (χ0n) is 11.2. The highest BCUT2D eigenvalue weighted by Crippen LogP contribution is 2.24. The predicted octanol–water partition coefficient (Wildman–Crippen LogP) is 1.27. The summed E-state index contributed by atoms with van der Waals surface area (Å²) in [6, 6.07) is 7.44. The number of hydrogen-bond donors (Lipinski definition) is 1. The number of rotatable bonds is 8. The van der Waals surface area contributed by atoms with Crippen molar-refractivity contribution < 1.29 is 13.2 Å². The maximum absolute atomic E-state index is 11.9. The molecule has 0 amide bonds. The molecule has 0 aliphatic carbocycles. The molecule has 0 aliphatic heterocycles. The first-order valence-electron chi connectivity index (χ1n) is 5.87. The van der Waals surface area contributed by atoms with E-state index in [-0.39, 0.29) is 5.75 Å². The summed E-state index contributed by atoms with van der Waals surface area (Å²) in [4.78, 5) is 0.914. The molecule has 1 aromatic rings. The van der Waals surface area contributed by atoms with E-state index in [1.807, 2.05) is 24.3 Å². The zero-order chi connectivity index (χ0) is 14.3. The van der Waals surface area contributed by atoms with Crippen LogP contribution in [0, 0.1) is 0 Å². The van der Waals surface area contributed by atoms with Crippen LogP contribution in [0.5, 0.6) is 0 Å². The van der Waals surface area contributed by atoms with Gasteiger partial charge in [-0.05, 0) is 12.1 Å². The second-order valence-electron chi connectivity index (χ2n) is 4.02. The van der Waals surface area contributed by atoms with Crippen LogP contribution in [0.15, 0.2) is 29.2 Å². The van der Waals surface area contributed by atoms with E-state index in [4.69, 9.17) is 10.5 Å². The minimum Gasteiger partial charge on any atom is -0.398 e. The van der Waals surface area contributed by atoms with Crippen LogP contribution in [-0.2, 0) is 14.8 Å². The highest BCUT2D eigenvalue weighted by molar-refractivity contribution is 8.00. The Morgan fingerprint density at radius 1 is 1.37 bits per heavy atom. The van der Waals surface area contributed by atoms with Gasteiger partial charge in [0.15, 0.2) is 0 Å². The lowest BCUT2D eigenvalue weighted by atomic mass is 10.3. The van der Waals surface area contributed by atoms with Gasteiger partial charge < -0.3 is 10.5 Å². The quantitative estimate of drug-likeness (QED) is 0.578. The van der Waals surface area contributed by atoms with E-state index in [1.54, 1.807) is 14.2 Å². The molecular formula is C12H20N2O3S2. The van der Waals surface area contributed by atoms with E-state index >= 15 is 0 Å². The van der Waals surface area contributed by atoms with Crippen LogP contribution in [0.3, 0.4) is 0 Å². The van der Waals surface area contributed by atoms with Gasteiger partial charge in [0.2, 0.25) is 10.0 Å². The average molecular weight is 304 g/mol. The molecule has 7 heteroatoms. The zero-order valence-corrected chi connectivity index (χ0v) is 12.8. The van der Waals surface area contributed by atoms with Crippen LogP contribution >= 0.6 is 11.8 Å². The van der Waals surface area contributed by atoms with Crippen LogP contribution in [0.2, 0.25) is 0 Å². The Labute approximate surface area is 119 Å². The number of para-hydroxylation sites is 1. The summed E-state index contributed by atoms with van der Waals surface area (Å²) in [7, 11) is -0.108. The number of nitrogen functional groups attached to an aromatic ring is 1. The van der Waals surface area contributed by atoms with E-state index in [2.05, 4.69) is 0 Å². The first-order chi connectivity index (χ1) is 8.97. The summed E-state index contributed by atoms with van der Waals surface area (Å²) in [5.41, 5.74) is 6.48. The Kier molecular flexibility index (Phi) is 6.64. The van der Waals surface area contributed by atoms with E-state index < -0.39 is 10.0 Å². The van der Waals surface area contributed by atoms with E-state index in [9.17, 15) is 8.42 Å². The molecule has 0 fully saturated rings. The van der Waals surface area contributed by atoms with Gasteiger partial charge in [-0.25, -0.2) is 12.7 Å². The molecule has 0 unspecified atom stereocenters. The van der Waals surface area contributed by atoms with Gasteiger partial charge in [0.25, 0.3) is 0 Å². The SMILES string of the molecule is COCCN(C)S(=O)(=O)CCSc1ccccc1N. The highest BCUT2D eigenvalue weighted by atomic mass is 32.2. The molecule has 0 saturated heterocycles. The lowest BCUT2D eigenvalue weighted by Crippen LogP contribution is -2.32. The third-order valence-corrected chi connectivity index (χ3v) is 5.80. The summed E-state index contributed by atoms with van der Waals surface area (Å²) in [5.74, 6) is 0.570. The summed E-state index contributed by atoms with van der Waals surface area (Å²) in [6.45, 7) is 0.769. The number of methoxy groups -OCH3 is 1. The fourth-order valence-electron chi connectivity index (χ4n) is 1.38. The van der Waals surface area contributed by atoms with Crippen molar-refractivity contribution in [3.63, 3.8) is 0 Å². The third-order valence-electron chi connectivity index (χ3n) is 2.60. The maximum atomic E-state index is 11.9. The van der Waals surface area contributed by atoms with Gasteiger partial charge in [-0.2, -0.15) is 0 Å². The van der Waals surface area contributed by atoms with Crippen molar-refractivity contribution in [3.05, 3.63) is 24.3 Å². The normalized spacial score (nSPS) is 11.9. The number of ether oxygens (including phenoxy) is 1. The number of benzene rings is 1. The maximum Gasteiger partial charge on any atom is 0.214 e. The van der Waals surface area contributed by atoms with Crippen molar-refractivity contribution in [2.45, 2.75) is 4.90 Å². The predicted molar refractivity (Wildman–Crippen MR) is 79.9 cm³/mol. The van der Waals surface area contributed by atoms with Crippen molar-refractivity contribution >= 4 is 27.5 Å². The van der Waals surface area contributed by atoms with Crippen molar-refractivity contribution in [1.82, 2.24) is 4.31 Å². The molecule has 0 heterocycles. The monoisotopic (exact) mass is 304 g/mol. The van der Waals surface area contributed by atoms with Crippen molar-refractivity contribution in [3.8, 4) is 0 Å². The number of hydrogen-bond acceptors (Lipinski definition) is 5. The second kappa shape index (κ2) is 7.74. The molecule has 0 spiro atoms. The molecule has 1 aromatic carbocycles. The lowest BCUT2D eigenvalue weighted by molar-refractivity contribution is 0.185. The van der Waals surface area contributed by atoms with Gasteiger partial charge in [0, 0.05) is 37.0 Å². The molecule has 19 heavy (non-hydrogen) atoms. The van der Waals surface area contributed by atoms with E-state index in [1.165, 1.54) is 16.1 Å². The Morgan fingerprint density at radius 3 is 2.68 bits per heavy atom. The molecule has 108 valence electrons. The smallest absolute Gasteiger partial charge is 0.214 e. The summed E-state index contributed by atoms with van der Waals surface area (Å²) in [6.07, 6.45) is 0. The Hall–Kier alpha value is -0.760. The largest absolute Gasteiger partial charge is 0.398 e. The molecule has 5 nitrogen and oxygen atoms in total. The molecular weight excluding hydrogens is 284 g/mol. The van der Waals surface area contributed by atoms with Gasteiger partial charge in [-0.15, -0.1) is 11.8 Å². The fourth-order valence-corrected chi connectivity index (χ4v) is 3.85. The molecule has 0 atom stereocenters.